The Bertz CT molecular complexity index is 1010. The second-order valence-corrected chi connectivity index (χ2v) is 8.63. The van der Waals surface area contributed by atoms with Crippen molar-refractivity contribution in [1.29, 1.82) is 0 Å². The monoisotopic (exact) mass is 445 g/mol. The van der Waals surface area contributed by atoms with Gasteiger partial charge in [-0.25, -0.2) is 9.07 Å². The second kappa shape index (κ2) is 9.09. The number of carbonyl (C=O) groups is 3. The number of carbonyl (C=O) groups excluding carboxylic acids is 3. The Labute approximate surface area is 183 Å². The van der Waals surface area contributed by atoms with E-state index in [9.17, 15) is 18.8 Å². The maximum Gasteiger partial charge on any atom is 0.241 e. The van der Waals surface area contributed by atoms with Crippen molar-refractivity contribution >= 4 is 41.0 Å². The Morgan fingerprint density at radius 3 is 2.77 bits per heavy atom. The Morgan fingerprint density at radius 2 is 2.03 bits per heavy atom. The number of nitrogens with zero attached hydrogens (tertiary/aromatic N) is 3. The minimum Gasteiger partial charge on any atom is -0.355 e. The molecule has 31 heavy (non-hydrogen) atoms. The van der Waals surface area contributed by atoms with Gasteiger partial charge in [-0.3, -0.25) is 14.4 Å². The molecule has 0 radical (unpaired) electrons. The predicted molar refractivity (Wildman–Crippen MR) is 116 cm³/mol. The summed E-state index contributed by atoms with van der Waals surface area (Å²) in [7, 11) is 0. The van der Waals surface area contributed by atoms with Gasteiger partial charge in [0.2, 0.25) is 17.7 Å². The molecular weight excluding hydrogens is 421 g/mol. The lowest BCUT2D eigenvalue weighted by atomic mass is 10.1. The summed E-state index contributed by atoms with van der Waals surface area (Å²) in [6, 6.07) is 5.64. The normalized spacial score (nSPS) is 17.7. The predicted octanol–water partition coefficient (Wildman–Crippen LogP) is 2.29. The van der Waals surface area contributed by atoms with Gasteiger partial charge < -0.3 is 15.5 Å². The molecular formula is C21H24FN5O3S. The van der Waals surface area contributed by atoms with Crippen molar-refractivity contribution in [2.75, 3.05) is 23.3 Å². The molecule has 8 nitrogen and oxygen atoms in total. The van der Waals surface area contributed by atoms with Gasteiger partial charge in [0.25, 0.3) is 0 Å². The van der Waals surface area contributed by atoms with E-state index in [1.807, 2.05) is 6.92 Å². The Balaban J connectivity index is 1.47. The molecule has 1 aromatic heterocycles. The molecule has 2 N–H and O–H groups in total. The van der Waals surface area contributed by atoms with Gasteiger partial charge in [-0.15, -0.1) is 0 Å². The van der Waals surface area contributed by atoms with Crippen LogP contribution in [0.4, 0.5) is 15.9 Å². The molecule has 10 heteroatoms. The number of amides is 3. The molecule has 4 rings (SSSR count). The second-order valence-electron chi connectivity index (χ2n) is 7.65. The van der Waals surface area contributed by atoms with E-state index in [1.54, 1.807) is 16.4 Å². The highest BCUT2D eigenvalue weighted by atomic mass is 32.2. The maximum atomic E-state index is 13.2. The minimum atomic E-state index is -0.542. The molecule has 0 spiro atoms. The number of hydrogen-bond acceptors (Lipinski definition) is 5. The number of anilines is 2. The first-order valence-electron chi connectivity index (χ1n) is 10.3. The first kappa shape index (κ1) is 21.4. The summed E-state index contributed by atoms with van der Waals surface area (Å²) in [5.74, 6) is 0.434. The van der Waals surface area contributed by atoms with Gasteiger partial charge in [0.1, 0.15) is 18.2 Å². The summed E-state index contributed by atoms with van der Waals surface area (Å²) in [5.41, 5.74) is 2.37. The highest BCUT2D eigenvalue weighted by Gasteiger charge is 2.36. The first-order chi connectivity index (χ1) is 15.0. The van der Waals surface area contributed by atoms with Gasteiger partial charge in [0.05, 0.1) is 11.6 Å². The number of aromatic nitrogens is 2. The molecule has 1 atom stereocenters. The fourth-order valence-electron chi connectivity index (χ4n) is 3.75. The van der Waals surface area contributed by atoms with Crippen LogP contribution in [0, 0.1) is 11.7 Å². The van der Waals surface area contributed by atoms with Crippen molar-refractivity contribution in [2.24, 2.45) is 5.92 Å². The van der Waals surface area contributed by atoms with E-state index in [1.165, 1.54) is 29.2 Å². The van der Waals surface area contributed by atoms with E-state index in [0.717, 1.165) is 23.4 Å². The summed E-state index contributed by atoms with van der Waals surface area (Å²) in [4.78, 5) is 39.1. The number of benzene rings is 1. The van der Waals surface area contributed by atoms with Gasteiger partial charge in [0, 0.05) is 42.3 Å². The first-order valence-corrected chi connectivity index (χ1v) is 11.4. The molecule has 2 aromatic rings. The van der Waals surface area contributed by atoms with Crippen molar-refractivity contribution < 1.29 is 18.8 Å². The summed E-state index contributed by atoms with van der Waals surface area (Å²) in [5, 5.41) is 10.3. The van der Waals surface area contributed by atoms with Gasteiger partial charge in [-0.1, -0.05) is 6.92 Å². The van der Waals surface area contributed by atoms with Crippen LogP contribution in [-0.2, 0) is 32.4 Å². The molecule has 1 fully saturated rings. The molecule has 2 aliphatic heterocycles. The van der Waals surface area contributed by atoms with Crippen LogP contribution in [0.3, 0.4) is 0 Å². The van der Waals surface area contributed by atoms with Crippen LogP contribution in [0.25, 0.3) is 0 Å². The quantitative estimate of drug-likeness (QED) is 0.682. The lowest BCUT2D eigenvalue weighted by Crippen LogP contribution is -2.31. The van der Waals surface area contributed by atoms with E-state index < -0.39 is 5.92 Å². The number of nitrogens with one attached hydrogen (secondary N) is 2. The largest absolute Gasteiger partial charge is 0.355 e. The highest BCUT2D eigenvalue weighted by Crippen LogP contribution is 2.35. The Hall–Kier alpha value is -2.88. The summed E-state index contributed by atoms with van der Waals surface area (Å²) in [6.45, 7) is 2.81. The molecule has 1 saturated heterocycles. The molecule has 164 valence electrons. The van der Waals surface area contributed by atoms with Crippen molar-refractivity contribution in [3.8, 4) is 0 Å². The smallest absolute Gasteiger partial charge is 0.241 e. The lowest BCUT2D eigenvalue weighted by Gasteiger charge is -2.17. The standard InChI is InChI=1S/C21H24FN5O3S/c1-2-7-23-18(28)10-27-20(16-11-31-12-17(16)25-27)24-21(30)13-8-19(29)26(9-13)15-5-3-14(22)4-6-15/h3-6,13H,2,7-12H2,1H3,(H,23,28)(H,24,30)/t13-/m1/s1. The third kappa shape index (κ3) is 4.58. The number of halogens is 1. The van der Waals surface area contributed by atoms with Crippen LogP contribution in [0.2, 0.25) is 0 Å². The van der Waals surface area contributed by atoms with Crippen molar-refractivity contribution in [1.82, 2.24) is 15.1 Å². The Morgan fingerprint density at radius 1 is 1.26 bits per heavy atom. The SMILES string of the molecule is CCCNC(=O)Cn1nc2c(c1NC(=O)[C@@H]1CC(=O)N(c3ccc(F)cc3)C1)CSC2. The van der Waals surface area contributed by atoms with Gasteiger partial charge in [0.15, 0.2) is 0 Å². The topological polar surface area (TPSA) is 96.3 Å². The molecule has 0 aliphatic carbocycles. The van der Waals surface area contributed by atoms with Crippen LogP contribution in [0.5, 0.6) is 0 Å². The molecule has 3 amide bonds. The summed E-state index contributed by atoms with van der Waals surface area (Å²) in [6.07, 6.45) is 0.910. The van der Waals surface area contributed by atoms with Crippen molar-refractivity contribution in [2.45, 2.75) is 37.8 Å². The van der Waals surface area contributed by atoms with Crippen LogP contribution in [0.1, 0.15) is 31.0 Å². The van der Waals surface area contributed by atoms with E-state index in [-0.39, 0.29) is 43.0 Å². The fourth-order valence-corrected chi connectivity index (χ4v) is 4.78. The van der Waals surface area contributed by atoms with Crippen LogP contribution in [-0.4, -0.2) is 40.6 Å². The van der Waals surface area contributed by atoms with Gasteiger partial charge in [-0.2, -0.15) is 16.9 Å². The Kier molecular flexibility index (Phi) is 6.26. The lowest BCUT2D eigenvalue weighted by molar-refractivity contribution is -0.122. The van der Waals surface area contributed by atoms with Crippen molar-refractivity contribution in [3.63, 3.8) is 0 Å². The van der Waals surface area contributed by atoms with Crippen LogP contribution < -0.4 is 15.5 Å². The average molecular weight is 446 g/mol. The highest BCUT2D eigenvalue weighted by molar-refractivity contribution is 7.98. The summed E-state index contributed by atoms with van der Waals surface area (Å²) >= 11 is 1.70. The number of rotatable bonds is 7. The number of hydrogen-bond donors (Lipinski definition) is 2. The zero-order chi connectivity index (χ0) is 22.0. The third-order valence-corrected chi connectivity index (χ3v) is 6.33. The van der Waals surface area contributed by atoms with Crippen molar-refractivity contribution in [3.05, 3.63) is 41.3 Å². The summed E-state index contributed by atoms with van der Waals surface area (Å²) < 4.78 is 14.7. The third-order valence-electron chi connectivity index (χ3n) is 5.36. The average Bonchev–Trinajstić information content (AvgIpc) is 3.44. The fraction of sp³-hybridized carbons (Fsp3) is 0.429. The molecule has 1 aromatic carbocycles. The van der Waals surface area contributed by atoms with Gasteiger partial charge >= 0.3 is 0 Å². The maximum absolute atomic E-state index is 13.2. The van der Waals surface area contributed by atoms with Crippen LogP contribution >= 0.6 is 11.8 Å². The van der Waals surface area contributed by atoms with Gasteiger partial charge in [-0.05, 0) is 30.7 Å². The van der Waals surface area contributed by atoms with Crippen LogP contribution in [0.15, 0.2) is 24.3 Å². The minimum absolute atomic E-state index is 0.0264. The zero-order valence-electron chi connectivity index (χ0n) is 17.2. The molecule has 2 aliphatic rings. The zero-order valence-corrected chi connectivity index (χ0v) is 18.0. The van der Waals surface area contributed by atoms with E-state index in [0.29, 0.717) is 23.8 Å². The molecule has 0 bridgehead atoms. The van der Waals surface area contributed by atoms with E-state index in [2.05, 4.69) is 15.7 Å². The van der Waals surface area contributed by atoms with E-state index in [4.69, 9.17) is 0 Å². The number of fused-ring (bicyclic) bond motifs is 1. The molecule has 0 unspecified atom stereocenters. The van der Waals surface area contributed by atoms with E-state index >= 15 is 0 Å². The molecule has 0 saturated carbocycles. The molecule has 3 heterocycles. The number of thioether (sulfide) groups is 1.